The highest BCUT2D eigenvalue weighted by Crippen LogP contribution is 2.15. The summed E-state index contributed by atoms with van der Waals surface area (Å²) in [6, 6.07) is 0. The van der Waals surface area contributed by atoms with E-state index in [0.717, 1.165) is 13.0 Å². The molecule has 2 N–H and O–H groups in total. The van der Waals surface area contributed by atoms with E-state index in [4.69, 9.17) is 4.74 Å². The Kier molecular flexibility index (Phi) is 4.08. The molecule has 0 bridgehead atoms. The fourth-order valence-corrected chi connectivity index (χ4v) is 1.54. The van der Waals surface area contributed by atoms with Crippen molar-refractivity contribution in [3.8, 4) is 0 Å². The second-order valence-electron chi connectivity index (χ2n) is 3.68. The predicted molar refractivity (Wildman–Crippen MR) is 58.8 cm³/mol. The molecule has 1 atom stereocenters. The number of carbonyl (C=O) groups is 1. The number of guanidine groups is 1. The van der Waals surface area contributed by atoms with Gasteiger partial charge in [0.1, 0.15) is 5.54 Å². The van der Waals surface area contributed by atoms with E-state index >= 15 is 0 Å². The molecule has 86 valence electrons. The third-order valence-electron chi connectivity index (χ3n) is 2.51. The van der Waals surface area contributed by atoms with Gasteiger partial charge in [0.05, 0.1) is 6.61 Å². The summed E-state index contributed by atoms with van der Waals surface area (Å²) in [5, 5.41) is 5.84. The van der Waals surface area contributed by atoms with Crippen LogP contribution in [0.15, 0.2) is 4.99 Å². The van der Waals surface area contributed by atoms with Crippen molar-refractivity contribution in [2.24, 2.45) is 4.99 Å². The van der Waals surface area contributed by atoms with Crippen molar-refractivity contribution in [1.82, 2.24) is 10.6 Å². The van der Waals surface area contributed by atoms with Crippen molar-refractivity contribution in [2.75, 3.05) is 20.3 Å². The third-order valence-corrected chi connectivity index (χ3v) is 2.51. The van der Waals surface area contributed by atoms with Crippen molar-refractivity contribution >= 4 is 11.9 Å². The largest absolute Gasteiger partial charge is 0.382 e. The van der Waals surface area contributed by atoms with E-state index in [1.165, 1.54) is 0 Å². The summed E-state index contributed by atoms with van der Waals surface area (Å²) < 4.78 is 5.06. The number of methoxy groups -OCH3 is 1. The molecule has 1 fully saturated rings. The molecule has 0 spiro atoms. The highest BCUT2D eigenvalue weighted by Gasteiger charge is 2.43. The Balaban J connectivity index is 2.72. The number of carbonyl (C=O) groups excluding carboxylic acids is 1. The summed E-state index contributed by atoms with van der Waals surface area (Å²) in [4.78, 5) is 16.0. The van der Waals surface area contributed by atoms with Gasteiger partial charge in [0.2, 0.25) is 0 Å². The molecule has 1 aliphatic rings. The van der Waals surface area contributed by atoms with Gasteiger partial charge >= 0.3 is 0 Å². The summed E-state index contributed by atoms with van der Waals surface area (Å²) in [5.41, 5.74) is -0.638. The number of ether oxygens (including phenoxy) is 1. The number of nitrogens with zero attached hydrogens (tertiary/aromatic N) is 1. The number of hydrogen-bond acceptors (Lipinski definition) is 3. The Bertz CT molecular complexity index is 265. The summed E-state index contributed by atoms with van der Waals surface area (Å²) in [6.07, 6.45) is 1.64. The number of nitrogens with one attached hydrogen (secondary N) is 2. The second kappa shape index (κ2) is 5.11. The maximum atomic E-state index is 11.8. The van der Waals surface area contributed by atoms with Gasteiger partial charge in [-0.25, -0.2) is 0 Å². The van der Waals surface area contributed by atoms with Crippen molar-refractivity contribution in [3.63, 3.8) is 0 Å². The summed E-state index contributed by atoms with van der Waals surface area (Å²) >= 11 is 0. The van der Waals surface area contributed by atoms with Crippen LogP contribution in [0.2, 0.25) is 0 Å². The fraction of sp³-hybridized carbons (Fsp3) is 0.800. The highest BCUT2D eigenvalue weighted by molar-refractivity contribution is 6.09. The zero-order valence-electron chi connectivity index (χ0n) is 9.59. The van der Waals surface area contributed by atoms with Crippen molar-refractivity contribution in [1.29, 1.82) is 0 Å². The fourth-order valence-electron chi connectivity index (χ4n) is 1.54. The number of aliphatic imine (C=N–C) groups is 1. The average Bonchev–Trinajstić information content (AvgIpc) is 2.54. The van der Waals surface area contributed by atoms with Gasteiger partial charge in [-0.05, 0) is 12.8 Å². The molecule has 0 aromatic heterocycles. The Morgan fingerprint density at radius 1 is 1.47 bits per heavy atom. The van der Waals surface area contributed by atoms with E-state index < -0.39 is 5.54 Å². The number of hydrogen-bond donors (Lipinski definition) is 2. The molecule has 0 saturated carbocycles. The van der Waals surface area contributed by atoms with Crippen LogP contribution in [-0.2, 0) is 9.53 Å². The van der Waals surface area contributed by atoms with Gasteiger partial charge in [-0.15, -0.1) is 0 Å². The van der Waals surface area contributed by atoms with E-state index in [0.29, 0.717) is 19.0 Å². The molecule has 5 heteroatoms. The highest BCUT2D eigenvalue weighted by atomic mass is 16.5. The Morgan fingerprint density at radius 2 is 2.20 bits per heavy atom. The molecule has 15 heavy (non-hydrogen) atoms. The lowest BCUT2D eigenvalue weighted by atomic mass is 9.98. The molecule has 1 amide bonds. The van der Waals surface area contributed by atoms with E-state index in [1.54, 1.807) is 7.11 Å². The molecule has 1 saturated heterocycles. The van der Waals surface area contributed by atoms with Crippen LogP contribution in [0.4, 0.5) is 0 Å². The first-order valence-corrected chi connectivity index (χ1v) is 5.31. The van der Waals surface area contributed by atoms with E-state index in [1.807, 2.05) is 13.8 Å². The van der Waals surface area contributed by atoms with Crippen LogP contribution in [0, 0.1) is 0 Å². The zero-order valence-corrected chi connectivity index (χ0v) is 9.59. The van der Waals surface area contributed by atoms with E-state index in [2.05, 4.69) is 15.6 Å². The first kappa shape index (κ1) is 12.0. The van der Waals surface area contributed by atoms with Crippen LogP contribution >= 0.6 is 0 Å². The summed E-state index contributed by atoms with van der Waals surface area (Å²) in [7, 11) is 1.59. The van der Waals surface area contributed by atoms with Crippen LogP contribution in [0.3, 0.4) is 0 Å². The topological polar surface area (TPSA) is 62.7 Å². The quantitative estimate of drug-likeness (QED) is 0.689. The predicted octanol–water partition coefficient (Wildman–Crippen LogP) is 0.267. The molecule has 0 aliphatic carbocycles. The molecule has 1 aliphatic heterocycles. The molecule has 0 aromatic carbocycles. The van der Waals surface area contributed by atoms with Crippen LogP contribution in [0.1, 0.15) is 26.7 Å². The van der Waals surface area contributed by atoms with Crippen molar-refractivity contribution in [3.05, 3.63) is 0 Å². The van der Waals surface area contributed by atoms with Gasteiger partial charge < -0.3 is 10.1 Å². The molecule has 0 aromatic rings. The molecular weight excluding hydrogens is 194 g/mol. The molecule has 1 unspecified atom stereocenters. The van der Waals surface area contributed by atoms with Crippen LogP contribution in [0.5, 0.6) is 0 Å². The SMILES string of the molecule is CCCN=C1NC(=O)C(CC)(COC)N1. The first-order valence-electron chi connectivity index (χ1n) is 5.31. The second-order valence-corrected chi connectivity index (χ2v) is 3.68. The molecule has 1 heterocycles. The summed E-state index contributed by atoms with van der Waals surface area (Å²) in [6.45, 7) is 5.08. The van der Waals surface area contributed by atoms with Gasteiger partial charge in [-0.3, -0.25) is 15.1 Å². The van der Waals surface area contributed by atoms with Crippen LogP contribution < -0.4 is 10.6 Å². The first-order chi connectivity index (χ1) is 7.18. The maximum Gasteiger partial charge on any atom is 0.254 e. The molecule has 5 nitrogen and oxygen atoms in total. The molecule has 1 rings (SSSR count). The monoisotopic (exact) mass is 213 g/mol. The van der Waals surface area contributed by atoms with Gasteiger partial charge in [-0.2, -0.15) is 0 Å². The van der Waals surface area contributed by atoms with Gasteiger partial charge in [0.15, 0.2) is 5.96 Å². The maximum absolute atomic E-state index is 11.8. The van der Waals surface area contributed by atoms with Crippen LogP contribution in [-0.4, -0.2) is 37.7 Å². The number of amides is 1. The minimum atomic E-state index is -0.638. The molecular formula is C10H19N3O2. The Labute approximate surface area is 90.3 Å². The zero-order chi connectivity index (χ0) is 11.3. The van der Waals surface area contributed by atoms with Crippen LogP contribution in [0.25, 0.3) is 0 Å². The Hall–Kier alpha value is -1.10. The van der Waals surface area contributed by atoms with Gasteiger partial charge in [-0.1, -0.05) is 13.8 Å². The lowest BCUT2D eigenvalue weighted by molar-refractivity contribution is -0.125. The number of rotatable bonds is 5. The lowest BCUT2D eigenvalue weighted by Gasteiger charge is -2.23. The third kappa shape index (κ3) is 2.47. The lowest BCUT2D eigenvalue weighted by Crippen LogP contribution is -2.50. The smallest absolute Gasteiger partial charge is 0.254 e. The van der Waals surface area contributed by atoms with Gasteiger partial charge in [0.25, 0.3) is 5.91 Å². The van der Waals surface area contributed by atoms with Crippen molar-refractivity contribution in [2.45, 2.75) is 32.2 Å². The Morgan fingerprint density at radius 3 is 2.73 bits per heavy atom. The van der Waals surface area contributed by atoms with E-state index in [-0.39, 0.29) is 5.91 Å². The minimum Gasteiger partial charge on any atom is -0.382 e. The summed E-state index contributed by atoms with van der Waals surface area (Å²) in [5.74, 6) is 0.516. The minimum absolute atomic E-state index is 0.0540. The van der Waals surface area contributed by atoms with Crippen molar-refractivity contribution < 1.29 is 9.53 Å². The normalized spacial score (nSPS) is 27.9. The molecule has 0 radical (unpaired) electrons. The standard InChI is InChI=1S/C10H19N3O2/c1-4-6-11-9-12-8(14)10(5-2,13-9)7-15-3/h4-7H2,1-3H3,(H2,11,12,13,14). The average molecular weight is 213 g/mol. The van der Waals surface area contributed by atoms with E-state index in [9.17, 15) is 4.79 Å². The van der Waals surface area contributed by atoms with Gasteiger partial charge in [0, 0.05) is 13.7 Å².